The molecule has 0 fully saturated rings. The maximum atomic E-state index is 15.7. The quantitative estimate of drug-likeness (QED) is 0.628. The van der Waals surface area contributed by atoms with E-state index >= 15 is 4.39 Å². The van der Waals surface area contributed by atoms with Crippen LogP contribution in [-0.2, 0) is 0 Å². The molecule has 2 aromatic rings. The van der Waals surface area contributed by atoms with Gasteiger partial charge in [-0.3, -0.25) is 0 Å². The number of benzene rings is 1. The zero-order valence-electron chi connectivity index (χ0n) is 16.8. The lowest BCUT2D eigenvalue weighted by molar-refractivity contribution is 0.180. The lowest BCUT2D eigenvalue weighted by Gasteiger charge is -2.18. The van der Waals surface area contributed by atoms with E-state index in [1.165, 1.54) is 0 Å². The molecule has 4 N–H and O–H groups in total. The largest absolute Gasteiger partial charge is 0.492 e. The number of aryl methyl sites for hydroxylation is 1. The summed E-state index contributed by atoms with van der Waals surface area (Å²) in [7, 11) is 1.77. The fourth-order valence-electron chi connectivity index (χ4n) is 3.79. The minimum atomic E-state index is -0.576. The Morgan fingerprint density at radius 2 is 2.14 bits per heavy atom. The number of aromatic nitrogens is 2. The number of aliphatic hydroxyl groups is 1. The Kier molecular flexibility index (Phi) is 5.38. The molecule has 1 aromatic carbocycles. The number of anilines is 3. The second-order valence-electron chi connectivity index (χ2n) is 7.58. The van der Waals surface area contributed by atoms with Crippen molar-refractivity contribution in [3.05, 3.63) is 40.8 Å². The van der Waals surface area contributed by atoms with E-state index in [1.807, 2.05) is 19.1 Å². The SMILES string of the molecule is CNc1cc(C)nc(Nc2cc3c(c(C4=CCNC[C@@H](O)C4)c2F)OC[C@@H]3C)n1. The van der Waals surface area contributed by atoms with Crippen molar-refractivity contribution in [1.29, 1.82) is 0 Å². The van der Waals surface area contributed by atoms with E-state index in [-0.39, 0.29) is 5.92 Å². The summed E-state index contributed by atoms with van der Waals surface area (Å²) < 4.78 is 21.6. The summed E-state index contributed by atoms with van der Waals surface area (Å²) in [6.45, 7) is 5.46. The van der Waals surface area contributed by atoms with Crippen molar-refractivity contribution in [2.24, 2.45) is 0 Å². The molecule has 0 amide bonds. The van der Waals surface area contributed by atoms with Crippen molar-refractivity contribution in [3.8, 4) is 5.75 Å². The topological polar surface area (TPSA) is 91.3 Å². The van der Waals surface area contributed by atoms with Crippen LogP contribution in [0.15, 0.2) is 18.2 Å². The van der Waals surface area contributed by atoms with Gasteiger partial charge in [-0.05, 0) is 18.6 Å². The number of hydrogen-bond acceptors (Lipinski definition) is 7. The van der Waals surface area contributed by atoms with E-state index in [4.69, 9.17) is 4.74 Å². The molecule has 0 saturated heterocycles. The van der Waals surface area contributed by atoms with Crippen molar-refractivity contribution in [2.45, 2.75) is 32.3 Å². The number of halogens is 1. The number of fused-ring (bicyclic) bond motifs is 1. The summed E-state index contributed by atoms with van der Waals surface area (Å²) in [4.78, 5) is 8.75. The first-order chi connectivity index (χ1) is 14.0. The van der Waals surface area contributed by atoms with Crippen LogP contribution in [0.1, 0.15) is 36.1 Å². The zero-order chi connectivity index (χ0) is 20.5. The van der Waals surface area contributed by atoms with Crippen molar-refractivity contribution in [2.75, 3.05) is 37.4 Å². The molecule has 0 radical (unpaired) electrons. The van der Waals surface area contributed by atoms with Crippen molar-refractivity contribution >= 4 is 23.0 Å². The Bertz CT molecular complexity index is 963. The van der Waals surface area contributed by atoms with Crippen LogP contribution in [0.3, 0.4) is 0 Å². The normalized spacial score (nSPS) is 21.1. The number of nitrogens with one attached hydrogen (secondary N) is 3. The van der Waals surface area contributed by atoms with Crippen LogP contribution >= 0.6 is 0 Å². The van der Waals surface area contributed by atoms with Gasteiger partial charge in [0.05, 0.1) is 24.0 Å². The second kappa shape index (κ2) is 7.96. The smallest absolute Gasteiger partial charge is 0.229 e. The van der Waals surface area contributed by atoms with Gasteiger partial charge < -0.3 is 25.8 Å². The number of ether oxygens (including phenoxy) is 1. The molecule has 154 valence electrons. The fourth-order valence-corrected chi connectivity index (χ4v) is 3.79. The van der Waals surface area contributed by atoms with Crippen LogP contribution in [0.2, 0.25) is 0 Å². The van der Waals surface area contributed by atoms with Gasteiger partial charge in [-0.2, -0.15) is 4.98 Å². The Morgan fingerprint density at radius 1 is 1.31 bits per heavy atom. The third-order valence-corrected chi connectivity index (χ3v) is 5.26. The summed E-state index contributed by atoms with van der Waals surface area (Å²) in [5.41, 5.74) is 3.18. The average molecular weight is 399 g/mol. The number of β-amino-alcohol motifs (C(OH)–C–C–N with tert-alkyl or cyclic N) is 1. The Morgan fingerprint density at radius 3 is 2.93 bits per heavy atom. The van der Waals surface area contributed by atoms with Crippen molar-refractivity contribution in [3.63, 3.8) is 0 Å². The minimum Gasteiger partial charge on any atom is -0.492 e. The average Bonchev–Trinajstić information content (AvgIpc) is 2.91. The Hall–Kier alpha value is -2.71. The minimum absolute atomic E-state index is 0.144. The van der Waals surface area contributed by atoms with Gasteiger partial charge in [0.15, 0.2) is 5.82 Å². The van der Waals surface area contributed by atoms with Gasteiger partial charge in [0.2, 0.25) is 5.95 Å². The Balaban J connectivity index is 1.81. The van der Waals surface area contributed by atoms with Crippen LogP contribution in [0.4, 0.5) is 21.8 Å². The monoisotopic (exact) mass is 399 g/mol. The molecule has 3 heterocycles. The second-order valence-corrected chi connectivity index (χ2v) is 7.58. The van der Waals surface area contributed by atoms with Gasteiger partial charge in [-0.25, -0.2) is 9.37 Å². The summed E-state index contributed by atoms with van der Waals surface area (Å²) in [6, 6.07) is 3.60. The first kappa shape index (κ1) is 19.6. The highest BCUT2D eigenvalue weighted by atomic mass is 19.1. The van der Waals surface area contributed by atoms with E-state index in [1.54, 1.807) is 13.1 Å². The molecular formula is C21H26FN5O2. The maximum Gasteiger partial charge on any atom is 0.229 e. The van der Waals surface area contributed by atoms with Gasteiger partial charge in [-0.15, -0.1) is 0 Å². The van der Waals surface area contributed by atoms with Crippen LogP contribution in [0.5, 0.6) is 5.75 Å². The number of nitrogens with zero attached hydrogens (tertiary/aromatic N) is 2. The van der Waals surface area contributed by atoms with E-state index in [9.17, 15) is 5.11 Å². The lowest BCUT2D eigenvalue weighted by atomic mass is 9.92. The third kappa shape index (κ3) is 3.90. The highest BCUT2D eigenvalue weighted by Gasteiger charge is 2.30. The van der Waals surface area contributed by atoms with Crippen LogP contribution < -0.4 is 20.7 Å². The molecule has 2 aliphatic heterocycles. The molecule has 8 heteroatoms. The highest BCUT2D eigenvalue weighted by Crippen LogP contribution is 2.45. The van der Waals surface area contributed by atoms with E-state index in [0.29, 0.717) is 54.9 Å². The molecule has 0 aliphatic carbocycles. The van der Waals surface area contributed by atoms with Crippen molar-refractivity contribution < 1.29 is 14.2 Å². The molecule has 1 aromatic heterocycles. The van der Waals surface area contributed by atoms with Crippen molar-refractivity contribution in [1.82, 2.24) is 15.3 Å². The van der Waals surface area contributed by atoms with Crippen LogP contribution in [0, 0.1) is 12.7 Å². The highest BCUT2D eigenvalue weighted by molar-refractivity contribution is 5.78. The predicted molar refractivity (Wildman–Crippen MR) is 111 cm³/mol. The Labute approximate surface area is 169 Å². The summed E-state index contributed by atoms with van der Waals surface area (Å²) >= 11 is 0. The lowest BCUT2D eigenvalue weighted by Crippen LogP contribution is -2.24. The van der Waals surface area contributed by atoms with Gasteiger partial charge in [0.1, 0.15) is 11.6 Å². The summed E-state index contributed by atoms with van der Waals surface area (Å²) in [5, 5.41) is 19.4. The molecule has 0 unspecified atom stereocenters. The van der Waals surface area contributed by atoms with Gasteiger partial charge in [-0.1, -0.05) is 13.0 Å². The van der Waals surface area contributed by atoms with Gasteiger partial charge in [0.25, 0.3) is 0 Å². The molecule has 2 aliphatic rings. The van der Waals surface area contributed by atoms with Crippen LogP contribution in [0.25, 0.3) is 5.57 Å². The predicted octanol–water partition coefficient (Wildman–Crippen LogP) is 2.94. The first-order valence-corrected chi connectivity index (χ1v) is 9.84. The molecule has 0 saturated carbocycles. The van der Waals surface area contributed by atoms with E-state index < -0.39 is 11.9 Å². The first-order valence-electron chi connectivity index (χ1n) is 9.84. The molecule has 29 heavy (non-hydrogen) atoms. The summed E-state index contributed by atoms with van der Waals surface area (Å²) in [5.74, 6) is 1.27. The van der Waals surface area contributed by atoms with Gasteiger partial charge in [0, 0.05) is 49.8 Å². The molecule has 7 nitrogen and oxygen atoms in total. The molecule has 0 spiro atoms. The fraction of sp³-hybridized carbons (Fsp3) is 0.429. The maximum absolute atomic E-state index is 15.7. The molecular weight excluding hydrogens is 373 g/mol. The van der Waals surface area contributed by atoms with E-state index in [0.717, 1.165) is 16.8 Å². The number of aliphatic hydroxyl groups excluding tert-OH is 1. The standard InChI is InChI=1S/C21H26FN5O2/c1-11-10-29-20-15(11)8-16(26-21-25-12(2)6-17(23-3)27-21)19(22)18(20)13-4-5-24-9-14(28)7-13/h4,6,8,11,14,24,28H,5,7,9-10H2,1-3H3,(H2,23,25,26,27)/t11-,14-/m0/s1. The number of hydrogen-bond donors (Lipinski definition) is 4. The van der Waals surface area contributed by atoms with Gasteiger partial charge >= 0.3 is 0 Å². The molecule has 2 atom stereocenters. The summed E-state index contributed by atoms with van der Waals surface area (Å²) in [6.07, 6.45) is 1.71. The van der Waals surface area contributed by atoms with Crippen LogP contribution in [-0.4, -0.2) is 47.9 Å². The third-order valence-electron chi connectivity index (χ3n) is 5.26. The molecule has 4 rings (SSSR count). The zero-order valence-corrected chi connectivity index (χ0v) is 16.8. The van der Waals surface area contributed by atoms with E-state index in [2.05, 4.69) is 32.8 Å². The molecule has 0 bridgehead atoms. The number of rotatable bonds is 4.